The third-order valence-electron chi connectivity index (χ3n) is 7.89. The van der Waals surface area contributed by atoms with E-state index >= 15 is 4.39 Å². The number of hydrogen-bond acceptors (Lipinski definition) is 4. The fourth-order valence-corrected chi connectivity index (χ4v) is 6.07. The summed E-state index contributed by atoms with van der Waals surface area (Å²) in [5.74, 6) is -1.02. The second-order valence-corrected chi connectivity index (χ2v) is 10.7. The number of aromatic nitrogens is 2. The predicted octanol–water partition coefficient (Wildman–Crippen LogP) is 6.59. The van der Waals surface area contributed by atoms with Gasteiger partial charge in [-0.25, -0.2) is 13.8 Å². The van der Waals surface area contributed by atoms with Gasteiger partial charge in [-0.05, 0) is 56.6 Å². The summed E-state index contributed by atoms with van der Waals surface area (Å²) in [5.41, 5.74) is -0.710. The van der Waals surface area contributed by atoms with E-state index in [0.717, 1.165) is 44.5 Å². The molecule has 1 N–H and O–H groups in total. The van der Waals surface area contributed by atoms with Gasteiger partial charge in [0.1, 0.15) is 17.5 Å². The fraction of sp³-hybridized carbons (Fsp3) is 0.464. The number of halogens is 6. The van der Waals surface area contributed by atoms with Crippen LogP contribution < -0.4 is 4.90 Å². The van der Waals surface area contributed by atoms with E-state index in [2.05, 4.69) is 19.8 Å². The number of rotatable bonds is 6. The summed E-state index contributed by atoms with van der Waals surface area (Å²) in [6.07, 6.45) is 0.686. The van der Waals surface area contributed by atoms with Crippen LogP contribution in [0.15, 0.2) is 42.7 Å². The van der Waals surface area contributed by atoms with Crippen LogP contribution in [0.4, 0.5) is 27.6 Å². The van der Waals surface area contributed by atoms with E-state index in [4.69, 9.17) is 11.6 Å². The van der Waals surface area contributed by atoms with Crippen LogP contribution in [0, 0.1) is 11.6 Å². The molecule has 11 heteroatoms. The summed E-state index contributed by atoms with van der Waals surface area (Å²) in [6.45, 7) is 5.27. The largest absolute Gasteiger partial charge is 0.418 e. The molecule has 2 aliphatic heterocycles. The van der Waals surface area contributed by atoms with Crippen molar-refractivity contribution in [3.05, 3.63) is 70.5 Å². The molecule has 1 aromatic heterocycles. The van der Waals surface area contributed by atoms with Crippen molar-refractivity contribution in [3.8, 4) is 11.4 Å². The summed E-state index contributed by atoms with van der Waals surface area (Å²) in [4.78, 5) is 12.9. The van der Waals surface area contributed by atoms with E-state index in [1.165, 1.54) is 18.5 Å². The molecule has 0 bridgehead atoms. The molecule has 0 saturated carbocycles. The number of imidazole rings is 1. The zero-order valence-corrected chi connectivity index (χ0v) is 22.4. The predicted molar refractivity (Wildman–Crippen MR) is 142 cm³/mol. The van der Waals surface area contributed by atoms with Gasteiger partial charge in [-0.3, -0.25) is 9.80 Å². The van der Waals surface area contributed by atoms with Crippen molar-refractivity contribution >= 4 is 17.3 Å². The summed E-state index contributed by atoms with van der Waals surface area (Å²) in [7, 11) is 0. The van der Waals surface area contributed by atoms with Crippen LogP contribution in [0.3, 0.4) is 0 Å². The Morgan fingerprint density at radius 3 is 2.44 bits per heavy atom. The minimum Gasteiger partial charge on any atom is -0.366 e. The van der Waals surface area contributed by atoms with Crippen molar-refractivity contribution in [2.45, 2.75) is 51.0 Å². The maximum atomic E-state index is 15.3. The molecule has 210 valence electrons. The second-order valence-electron chi connectivity index (χ2n) is 10.3. The first kappa shape index (κ1) is 27.9. The van der Waals surface area contributed by atoms with Gasteiger partial charge in [-0.2, -0.15) is 13.2 Å². The Bertz CT molecular complexity index is 1270. The Labute approximate surface area is 229 Å². The second kappa shape index (κ2) is 11.4. The lowest BCUT2D eigenvalue weighted by molar-refractivity contribution is -0.137. The molecule has 5 nitrogen and oxygen atoms in total. The highest BCUT2D eigenvalue weighted by molar-refractivity contribution is 6.30. The van der Waals surface area contributed by atoms with Gasteiger partial charge < -0.3 is 9.88 Å². The van der Waals surface area contributed by atoms with Crippen LogP contribution in [0.5, 0.6) is 0 Å². The van der Waals surface area contributed by atoms with E-state index in [0.29, 0.717) is 36.8 Å². The number of benzene rings is 2. The topological polar surface area (TPSA) is 38.4 Å². The lowest BCUT2D eigenvalue weighted by Crippen LogP contribution is -2.58. The zero-order chi connectivity index (χ0) is 27.7. The van der Waals surface area contributed by atoms with Crippen LogP contribution in [0.1, 0.15) is 37.3 Å². The molecule has 2 fully saturated rings. The molecule has 0 amide bonds. The van der Waals surface area contributed by atoms with E-state index < -0.39 is 23.2 Å². The lowest BCUT2D eigenvalue weighted by Gasteiger charge is -2.48. The number of nitrogens with one attached hydrogen (secondary N) is 1. The number of anilines is 1. The number of piperazine rings is 1. The monoisotopic (exact) mass is 567 g/mol. The number of nitrogens with zero attached hydrogens (tertiary/aromatic N) is 4. The average Bonchev–Trinajstić information content (AvgIpc) is 3.45. The van der Waals surface area contributed by atoms with E-state index in [-0.39, 0.29) is 29.3 Å². The molecule has 5 rings (SSSR count). The molecular weight excluding hydrogens is 537 g/mol. The highest BCUT2D eigenvalue weighted by Gasteiger charge is 2.40. The van der Waals surface area contributed by atoms with Gasteiger partial charge in [-0.15, -0.1) is 0 Å². The quantitative estimate of drug-likeness (QED) is 0.341. The van der Waals surface area contributed by atoms with Crippen LogP contribution >= 0.6 is 11.6 Å². The first-order valence-corrected chi connectivity index (χ1v) is 13.6. The fourth-order valence-electron chi connectivity index (χ4n) is 5.91. The Kier molecular flexibility index (Phi) is 8.16. The number of aromatic amines is 1. The lowest BCUT2D eigenvalue weighted by atomic mass is 9.97. The minimum atomic E-state index is -4.71. The van der Waals surface area contributed by atoms with Crippen LogP contribution in [0.2, 0.25) is 5.02 Å². The zero-order valence-electron chi connectivity index (χ0n) is 21.6. The minimum absolute atomic E-state index is 0.00533. The third-order valence-corrected chi connectivity index (χ3v) is 8.13. The van der Waals surface area contributed by atoms with Crippen molar-refractivity contribution in [1.29, 1.82) is 0 Å². The Balaban J connectivity index is 1.28. The molecule has 0 unspecified atom stereocenters. The van der Waals surface area contributed by atoms with Crippen LogP contribution in [0.25, 0.3) is 11.4 Å². The van der Waals surface area contributed by atoms with Gasteiger partial charge in [0.2, 0.25) is 0 Å². The molecule has 2 saturated heterocycles. The van der Waals surface area contributed by atoms with E-state index in [9.17, 15) is 17.6 Å². The molecule has 0 spiro atoms. The van der Waals surface area contributed by atoms with Gasteiger partial charge in [0, 0.05) is 66.8 Å². The molecule has 3 heterocycles. The number of alkyl halides is 3. The summed E-state index contributed by atoms with van der Waals surface area (Å²) in [6, 6.07) is 7.10. The number of H-pyrrole nitrogens is 1. The van der Waals surface area contributed by atoms with E-state index in [1.54, 1.807) is 17.0 Å². The van der Waals surface area contributed by atoms with Gasteiger partial charge in [0.05, 0.1) is 11.3 Å². The molecule has 0 radical (unpaired) electrons. The van der Waals surface area contributed by atoms with Crippen LogP contribution in [-0.2, 0) is 12.7 Å². The molecule has 2 aliphatic rings. The first-order valence-electron chi connectivity index (χ1n) is 13.2. The number of hydrogen-bond donors (Lipinski definition) is 1. The number of likely N-dealkylation sites (tertiary alicyclic amines) is 1. The Morgan fingerprint density at radius 2 is 1.79 bits per heavy atom. The van der Waals surface area contributed by atoms with Gasteiger partial charge in [0.25, 0.3) is 0 Å². The Hall–Kier alpha value is -2.69. The Morgan fingerprint density at radius 1 is 1.03 bits per heavy atom. The highest BCUT2D eigenvalue weighted by Crippen LogP contribution is 2.41. The number of piperidine rings is 1. The summed E-state index contributed by atoms with van der Waals surface area (Å²) < 4.78 is 71.9. The van der Waals surface area contributed by atoms with Crippen molar-refractivity contribution < 1.29 is 22.0 Å². The van der Waals surface area contributed by atoms with Gasteiger partial charge >= 0.3 is 6.18 Å². The SMILES string of the molecule is CC[C@H]1CN(c2c(F)cc(-c3ncc[nH]3)cc2C(F)(F)F)CCN1C1CCN(Cc2ccc(Cl)cc2F)CC1. The molecule has 0 aliphatic carbocycles. The van der Waals surface area contributed by atoms with Crippen molar-refractivity contribution in [2.24, 2.45) is 0 Å². The smallest absolute Gasteiger partial charge is 0.366 e. The average molecular weight is 568 g/mol. The normalized spacial score (nSPS) is 20.1. The van der Waals surface area contributed by atoms with E-state index in [1.807, 2.05) is 6.92 Å². The van der Waals surface area contributed by atoms with Crippen molar-refractivity contribution in [1.82, 2.24) is 19.8 Å². The van der Waals surface area contributed by atoms with Gasteiger partial charge in [-0.1, -0.05) is 24.6 Å². The molecule has 2 aromatic carbocycles. The summed E-state index contributed by atoms with van der Waals surface area (Å²) >= 11 is 5.87. The maximum Gasteiger partial charge on any atom is 0.418 e. The van der Waals surface area contributed by atoms with Crippen molar-refractivity contribution in [3.63, 3.8) is 0 Å². The maximum absolute atomic E-state index is 15.3. The molecule has 3 aromatic rings. The van der Waals surface area contributed by atoms with Crippen LogP contribution in [-0.4, -0.2) is 64.6 Å². The van der Waals surface area contributed by atoms with Crippen molar-refractivity contribution in [2.75, 3.05) is 37.6 Å². The van der Waals surface area contributed by atoms with Gasteiger partial charge in [0.15, 0.2) is 0 Å². The third kappa shape index (κ3) is 6.07. The molecule has 39 heavy (non-hydrogen) atoms. The summed E-state index contributed by atoms with van der Waals surface area (Å²) in [5, 5.41) is 0.371. The molecular formula is C28H31ClF5N5. The standard InChI is InChI=1S/C28H31ClF5N5/c1-2-21-17-38(26-23(28(32,33)34)13-19(14-25(26)31)27-35-7-8-36-27)11-12-39(21)22-5-9-37(10-6-22)16-18-3-4-20(29)15-24(18)30/h3-4,7-8,13-15,21-22H,2,5-6,9-12,16-17H2,1H3,(H,35,36)/t21-/m0/s1. The molecule has 1 atom stereocenters. The highest BCUT2D eigenvalue weighted by atomic mass is 35.5. The first-order chi connectivity index (χ1) is 18.6.